The van der Waals surface area contributed by atoms with Crippen molar-refractivity contribution in [2.24, 2.45) is 0 Å². The number of likely N-dealkylation sites (N-methyl/N-ethyl adjacent to an activating group) is 1. The molecule has 1 heterocycles. The number of hydrogen-bond acceptors (Lipinski definition) is 3. The summed E-state index contributed by atoms with van der Waals surface area (Å²) in [5, 5.41) is 0. The molecule has 0 fully saturated rings. The maximum absolute atomic E-state index is 12.2. The predicted octanol–water partition coefficient (Wildman–Crippen LogP) is 2.14. The topological polar surface area (TPSA) is 37.4 Å². The highest BCUT2D eigenvalue weighted by atomic mass is 79.9. The van der Waals surface area contributed by atoms with Gasteiger partial charge in [-0.1, -0.05) is 22.0 Å². The van der Waals surface area contributed by atoms with Gasteiger partial charge in [0.1, 0.15) is 0 Å². The Morgan fingerprint density at radius 1 is 1.31 bits per heavy atom. The molecule has 1 aliphatic rings. The van der Waals surface area contributed by atoms with E-state index in [0.29, 0.717) is 16.3 Å². The Hall–Kier alpha value is -0.650. The summed E-state index contributed by atoms with van der Waals surface area (Å²) in [5.41, 5.74) is 0.763. The van der Waals surface area contributed by atoms with E-state index in [1.807, 2.05) is 25.1 Å². The van der Waals surface area contributed by atoms with Crippen LogP contribution in [-0.2, 0) is 9.84 Å². The molecule has 3 nitrogen and oxygen atoms in total. The largest absolute Gasteiger partial charge is 0.304 e. The average molecular weight is 302 g/mol. The zero-order valence-electron chi connectivity index (χ0n) is 9.07. The summed E-state index contributed by atoms with van der Waals surface area (Å²) in [7, 11) is 0.437. The minimum atomic E-state index is -3.27. The fraction of sp³-hybridized carbons (Fsp3) is 0.273. The van der Waals surface area contributed by atoms with Crippen molar-refractivity contribution >= 4 is 31.8 Å². The van der Waals surface area contributed by atoms with E-state index in [1.54, 1.807) is 18.2 Å². The molecule has 0 saturated carbocycles. The van der Waals surface area contributed by atoms with Crippen molar-refractivity contribution in [3.63, 3.8) is 0 Å². The van der Waals surface area contributed by atoms with Crippen LogP contribution in [0.4, 0.5) is 0 Å². The highest BCUT2D eigenvalue weighted by Gasteiger charge is 2.30. The molecular weight excluding hydrogens is 290 g/mol. The first-order chi connectivity index (χ1) is 7.43. The number of rotatable bonds is 2. The molecule has 0 amide bonds. The number of fused-ring (bicyclic) bond motifs is 1. The number of benzene rings is 1. The number of halogens is 1. The molecule has 1 aromatic rings. The van der Waals surface area contributed by atoms with Crippen LogP contribution in [0.2, 0.25) is 0 Å². The van der Waals surface area contributed by atoms with Gasteiger partial charge in [0.2, 0.25) is 9.84 Å². The van der Waals surface area contributed by atoms with Gasteiger partial charge in [0.15, 0.2) is 0 Å². The van der Waals surface area contributed by atoms with Crippen molar-refractivity contribution in [3.8, 4) is 0 Å². The molecule has 2 rings (SSSR count). The molecule has 1 aliphatic heterocycles. The van der Waals surface area contributed by atoms with Crippen LogP contribution in [0.5, 0.6) is 0 Å². The number of hydrogen-bond donors (Lipinski definition) is 0. The molecule has 0 aromatic heterocycles. The zero-order valence-corrected chi connectivity index (χ0v) is 11.5. The van der Waals surface area contributed by atoms with Gasteiger partial charge in [-0.25, -0.2) is 8.42 Å². The molecule has 0 saturated heterocycles. The van der Waals surface area contributed by atoms with Crippen LogP contribution in [0, 0.1) is 0 Å². The lowest BCUT2D eigenvalue weighted by Crippen LogP contribution is -2.18. The zero-order chi connectivity index (χ0) is 11.9. The van der Waals surface area contributed by atoms with Gasteiger partial charge in [0.25, 0.3) is 0 Å². The Kier molecular flexibility index (Phi) is 2.94. The first kappa shape index (κ1) is 11.8. The molecule has 1 aromatic carbocycles. The lowest BCUT2D eigenvalue weighted by Gasteiger charge is -2.10. The summed E-state index contributed by atoms with van der Waals surface area (Å²) in [5.74, 6) is 0. The number of sulfone groups is 1. The Balaban J connectivity index is 2.57. The van der Waals surface area contributed by atoms with Crippen LogP contribution >= 0.6 is 15.9 Å². The SMILES string of the molecule is CN(C)CC1=Cc2c(Br)cccc2S1(=O)=O. The predicted molar refractivity (Wildman–Crippen MR) is 67.9 cm³/mol. The van der Waals surface area contributed by atoms with Gasteiger partial charge in [-0.05, 0) is 32.3 Å². The van der Waals surface area contributed by atoms with E-state index in [-0.39, 0.29) is 0 Å². The van der Waals surface area contributed by atoms with Gasteiger partial charge in [0, 0.05) is 16.6 Å². The summed E-state index contributed by atoms with van der Waals surface area (Å²) in [6.45, 7) is 0.434. The third-order valence-electron chi connectivity index (χ3n) is 2.42. The third kappa shape index (κ3) is 1.83. The third-order valence-corrected chi connectivity index (χ3v) is 4.99. The van der Waals surface area contributed by atoms with Crippen LogP contribution in [0.1, 0.15) is 5.56 Å². The van der Waals surface area contributed by atoms with Crippen LogP contribution in [-0.4, -0.2) is 34.0 Å². The highest BCUT2D eigenvalue weighted by Crippen LogP contribution is 2.36. The Bertz CT molecular complexity index is 561. The van der Waals surface area contributed by atoms with Crippen molar-refractivity contribution in [2.75, 3.05) is 20.6 Å². The van der Waals surface area contributed by atoms with Crippen LogP contribution in [0.25, 0.3) is 6.08 Å². The van der Waals surface area contributed by atoms with Gasteiger partial charge >= 0.3 is 0 Å². The standard InChI is InChI=1S/C11H12BrNO2S/c1-13(2)7-8-6-9-10(12)4-3-5-11(9)16(8,14)15/h3-6H,7H2,1-2H3. The highest BCUT2D eigenvalue weighted by molar-refractivity contribution is 9.10. The lowest BCUT2D eigenvalue weighted by atomic mass is 10.2. The molecule has 86 valence electrons. The normalized spacial score (nSPS) is 17.4. The molecule has 0 N–H and O–H groups in total. The smallest absolute Gasteiger partial charge is 0.204 e. The Morgan fingerprint density at radius 3 is 2.56 bits per heavy atom. The van der Waals surface area contributed by atoms with Crippen LogP contribution in [0.15, 0.2) is 32.5 Å². The van der Waals surface area contributed by atoms with Gasteiger partial charge in [-0.3, -0.25) is 0 Å². The number of nitrogens with zero attached hydrogens (tertiary/aromatic N) is 1. The van der Waals surface area contributed by atoms with Crippen molar-refractivity contribution in [2.45, 2.75) is 4.90 Å². The average Bonchev–Trinajstić information content (AvgIpc) is 2.41. The Labute approximate surface area is 104 Å². The molecule has 0 atom stereocenters. The van der Waals surface area contributed by atoms with Gasteiger partial charge in [-0.15, -0.1) is 0 Å². The summed E-state index contributed by atoms with van der Waals surface area (Å²) >= 11 is 3.37. The monoisotopic (exact) mass is 301 g/mol. The molecule has 0 aliphatic carbocycles. The minimum Gasteiger partial charge on any atom is -0.304 e. The van der Waals surface area contributed by atoms with E-state index in [1.165, 1.54) is 0 Å². The van der Waals surface area contributed by atoms with Gasteiger partial charge in [0.05, 0.1) is 9.80 Å². The molecule has 0 spiro atoms. The fourth-order valence-corrected chi connectivity index (χ4v) is 4.03. The van der Waals surface area contributed by atoms with E-state index in [2.05, 4.69) is 15.9 Å². The summed E-state index contributed by atoms with van der Waals surface area (Å²) in [6.07, 6.45) is 1.74. The van der Waals surface area contributed by atoms with Crippen molar-refractivity contribution in [3.05, 3.63) is 33.1 Å². The van der Waals surface area contributed by atoms with Crippen molar-refractivity contribution in [1.29, 1.82) is 0 Å². The van der Waals surface area contributed by atoms with Gasteiger partial charge < -0.3 is 4.90 Å². The van der Waals surface area contributed by atoms with Gasteiger partial charge in [-0.2, -0.15) is 0 Å². The summed E-state index contributed by atoms with van der Waals surface area (Å²) in [4.78, 5) is 2.71. The molecule has 0 radical (unpaired) electrons. The van der Waals surface area contributed by atoms with E-state index in [9.17, 15) is 8.42 Å². The lowest BCUT2D eigenvalue weighted by molar-refractivity contribution is 0.451. The maximum Gasteiger partial charge on any atom is 0.204 e. The second-order valence-electron chi connectivity index (χ2n) is 4.00. The van der Waals surface area contributed by atoms with E-state index < -0.39 is 9.84 Å². The molecule has 5 heteroatoms. The van der Waals surface area contributed by atoms with E-state index >= 15 is 0 Å². The molecular formula is C11H12BrNO2S. The van der Waals surface area contributed by atoms with E-state index in [0.717, 1.165) is 10.0 Å². The van der Waals surface area contributed by atoms with Crippen LogP contribution in [0.3, 0.4) is 0 Å². The molecule has 16 heavy (non-hydrogen) atoms. The first-order valence-electron chi connectivity index (χ1n) is 4.82. The second-order valence-corrected chi connectivity index (χ2v) is 6.83. The quantitative estimate of drug-likeness (QED) is 0.840. The second kappa shape index (κ2) is 3.98. The molecule has 0 unspecified atom stereocenters. The maximum atomic E-state index is 12.2. The van der Waals surface area contributed by atoms with Crippen molar-refractivity contribution < 1.29 is 8.42 Å². The summed E-state index contributed by atoms with van der Waals surface area (Å²) in [6, 6.07) is 5.24. The Morgan fingerprint density at radius 2 is 2.00 bits per heavy atom. The summed E-state index contributed by atoms with van der Waals surface area (Å²) < 4.78 is 25.1. The first-order valence-corrected chi connectivity index (χ1v) is 7.09. The van der Waals surface area contributed by atoms with E-state index in [4.69, 9.17) is 0 Å². The van der Waals surface area contributed by atoms with Crippen molar-refractivity contribution in [1.82, 2.24) is 4.90 Å². The molecule has 0 bridgehead atoms. The van der Waals surface area contributed by atoms with Crippen LogP contribution < -0.4 is 0 Å². The fourth-order valence-electron chi connectivity index (χ4n) is 1.71. The minimum absolute atomic E-state index is 0.402.